The smallest absolute Gasteiger partial charge is 0.320 e. The Hall–Kier alpha value is -0.650. The number of aliphatic carboxylic acids is 1. The highest BCUT2D eigenvalue weighted by molar-refractivity contribution is 5.73. The van der Waals surface area contributed by atoms with Gasteiger partial charge in [-0.05, 0) is 52.2 Å². The number of carboxylic acid groups (broad SMARTS) is 1. The van der Waals surface area contributed by atoms with E-state index in [9.17, 15) is 9.90 Å². The number of nitrogens with zero attached hydrogens (tertiary/aromatic N) is 2. The Morgan fingerprint density at radius 2 is 2.10 bits per heavy atom. The number of rotatable bonds is 7. The predicted molar refractivity (Wildman–Crippen MR) is 80.0 cm³/mol. The number of likely N-dealkylation sites (N-methyl/N-ethyl adjacent to an activating group) is 1. The van der Waals surface area contributed by atoms with Crippen molar-refractivity contribution in [3.05, 3.63) is 0 Å². The van der Waals surface area contributed by atoms with Crippen LogP contribution in [0.25, 0.3) is 0 Å². The number of hydrogen-bond acceptors (Lipinski definition) is 4. The van der Waals surface area contributed by atoms with E-state index >= 15 is 0 Å². The summed E-state index contributed by atoms with van der Waals surface area (Å²) in [5, 5.41) is 12.4. The van der Waals surface area contributed by atoms with Crippen molar-refractivity contribution in [2.45, 2.75) is 57.2 Å². The van der Waals surface area contributed by atoms with Crippen molar-refractivity contribution in [1.82, 2.24) is 15.1 Å². The minimum Gasteiger partial charge on any atom is -0.480 e. The summed E-state index contributed by atoms with van der Waals surface area (Å²) in [5.74, 6) is -0.716. The van der Waals surface area contributed by atoms with Crippen molar-refractivity contribution >= 4 is 5.97 Å². The maximum Gasteiger partial charge on any atom is 0.320 e. The molecule has 0 aromatic heterocycles. The number of nitrogens with one attached hydrogen (secondary N) is 1. The second kappa shape index (κ2) is 7.38. The van der Waals surface area contributed by atoms with Crippen LogP contribution in [0, 0.1) is 0 Å². The molecule has 2 saturated heterocycles. The Morgan fingerprint density at radius 1 is 1.35 bits per heavy atom. The summed E-state index contributed by atoms with van der Waals surface area (Å²) < 4.78 is 0. The summed E-state index contributed by atoms with van der Waals surface area (Å²) in [6.07, 6.45) is 5.55. The molecule has 2 heterocycles. The molecule has 3 unspecified atom stereocenters. The Bertz CT molecular complexity index is 324. The maximum atomic E-state index is 11.2. The summed E-state index contributed by atoms with van der Waals surface area (Å²) in [6, 6.07) is 1.03. The molecule has 5 nitrogen and oxygen atoms in total. The van der Waals surface area contributed by atoms with Crippen LogP contribution in [-0.2, 0) is 4.79 Å². The SMILES string of the molecule is CCCNC(CCN1CCC2CCC(C1)N2C)C(=O)O. The number of carboxylic acids is 1. The minimum atomic E-state index is -0.716. The monoisotopic (exact) mass is 283 g/mol. The van der Waals surface area contributed by atoms with Crippen molar-refractivity contribution in [1.29, 1.82) is 0 Å². The van der Waals surface area contributed by atoms with Gasteiger partial charge in [-0.3, -0.25) is 9.69 Å². The summed E-state index contributed by atoms with van der Waals surface area (Å²) in [7, 11) is 2.24. The molecule has 20 heavy (non-hydrogen) atoms. The Balaban J connectivity index is 1.79. The van der Waals surface area contributed by atoms with Gasteiger partial charge in [0.2, 0.25) is 0 Å². The molecule has 0 radical (unpaired) electrons. The molecule has 2 aliphatic rings. The quantitative estimate of drug-likeness (QED) is 0.730. The van der Waals surface area contributed by atoms with Gasteiger partial charge in [-0.2, -0.15) is 0 Å². The molecule has 2 fully saturated rings. The second-order valence-corrected chi connectivity index (χ2v) is 6.27. The standard InChI is InChI=1S/C15H29N3O2/c1-3-8-16-14(15(19)20)7-10-18-9-6-12-4-5-13(11-18)17(12)2/h12-14,16H,3-11H2,1-2H3,(H,19,20). The van der Waals surface area contributed by atoms with E-state index in [0.717, 1.165) is 38.6 Å². The van der Waals surface area contributed by atoms with Crippen LogP contribution in [0.3, 0.4) is 0 Å². The summed E-state index contributed by atoms with van der Waals surface area (Å²) in [6.45, 7) is 5.96. The first-order chi connectivity index (χ1) is 9.61. The fourth-order valence-electron chi connectivity index (χ4n) is 3.53. The molecule has 3 atom stereocenters. The van der Waals surface area contributed by atoms with Gasteiger partial charge >= 0.3 is 5.97 Å². The normalized spacial score (nSPS) is 29.3. The van der Waals surface area contributed by atoms with Gasteiger partial charge in [-0.15, -0.1) is 0 Å². The highest BCUT2D eigenvalue weighted by Crippen LogP contribution is 2.28. The third kappa shape index (κ3) is 3.93. The van der Waals surface area contributed by atoms with Gasteiger partial charge in [0.15, 0.2) is 0 Å². The average molecular weight is 283 g/mol. The fraction of sp³-hybridized carbons (Fsp3) is 0.933. The molecule has 2 N–H and O–H groups in total. The molecule has 2 rings (SSSR count). The number of carbonyl (C=O) groups is 1. The zero-order chi connectivity index (χ0) is 14.5. The molecule has 0 spiro atoms. The Kier molecular flexibility index (Phi) is 5.81. The van der Waals surface area contributed by atoms with Crippen LogP contribution >= 0.6 is 0 Å². The van der Waals surface area contributed by atoms with E-state index in [1.54, 1.807) is 0 Å². The first-order valence-electron chi connectivity index (χ1n) is 8.02. The second-order valence-electron chi connectivity index (χ2n) is 6.27. The van der Waals surface area contributed by atoms with Crippen molar-refractivity contribution in [3.8, 4) is 0 Å². The topological polar surface area (TPSA) is 55.8 Å². The van der Waals surface area contributed by atoms with Gasteiger partial charge in [0, 0.05) is 25.2 Å². The van der Waals surface area contributed by atoms with E-state index < -0.39 is 12.0 Å². The van der Waals surface area contributed by atoms with Crippen LogP contribution in [0.2, 0.25) is 0 Å². The van der Waals surface area contributed by atoms with E-state index in [1.165, 1.54) is 19.3 Å². The minimum absolute atomic E-state index is 0.395. The van der Waals surface area contributed by atoms with Gasteiger partial charge in [-0.1, -0.05) is 6.92 Å². The summed E-state index contributed by atoms with van der Waals surface area (Å²) >= 11 is 0. The molecule has 0 aliphatic carbocycles. The van der Waals surface area contributed by atoms with Crippen LogP contribution in [0.4, 0.5) is 0 Å². The van der Waals surface area contributed by atoms with Gasteiger partial charge in [-0.25, -0.2) is 0 Å². The molecular weight excluding hydrogens is 254 g/mol. The molecule has 0 amide bonds. The summed E-state index contributed by atoms with van der Waals surface area (Å²) in [5.41, 5.74) is 0. The Morgan fingerprint density at radius 3 is 2.80 bits per heavy atom. The number of hydrogen-bond donors (Lipinski definition) is 2. The lowest BCUT2D eigenvalue weighted by atomic mass is 10.1. The molecular formula is C15H29N3O2. The number of fused-ring (bicyclic) bond motifs is 2. The average Bonchev–Trinajstić information content (AvgIpc) is 2.65. The van der Waals surface area contributed by atoms with Gasteiger partial charge in [0.1, 0.15) is 6.04 Å². The zero-order valence-electron chi connectivity index (χ0n) is 12.8. The van der Waals surface area contributed by atoms with Crippen LogP contribution < -0.4 is 5.32 Å². The maximum absolute atomic E-state index is 11.2. The molecule has 5 heteroatoms. The molecule has 0 aromatic carbocycles. The van der Waals surface area contributed by atoms with E-state index in [-0.39, 0.29) is 0 Å². The van der Waals surface area contributed by atoms with Crippen molar-refractivity contribution < 1.29 is 9.90 Å². The molecule has 2 bridgehead atoms. The predicted octanol–water partition coefficient (Wildman–Crippen LogP) is 0.998. The molecule has 0 aromatic rings. The summed E-state index contributed by atoms with van der Waals surface area (Å²) in [4.78, 5) is 16.2. The van der Waals surface area contributed by atoms with Gasteiger partial charge in [0.25, 0.3) is 0 Å². The van der Waals surface area contributed by atoms with Crippen molar-refractivity contribution in [2.24, 2.45) is 0 Å². The largest absolute Gasteiger partial charge is 0.480 e. The highest BCUT2D eigenvalue weighted by atomic mass is 16.4. The van der Waals surface area contributed by atoms with E-state index in [4.69, 9.17) is 0 Å². The van der Waals surface area contributed by atoms with Crippen LogP contribution in [0.15, 0.2) is 0 Å². The lowest BCUT2D eigenvalue weighted by Crippen LogP contribution is -2.42. The van der Waals surface area contributed by atoms with Crippen LogP contribution in [0.5, 0.6) is 0 Å². The molecule has 116 valence electrons. The molecule has 0 saturated carbocycles. The Labute approximate surface area is 122 Å². The van der Waals surface area contributed by atoms with E-state index in [0.29, 0.717) is 12.5 Å². The van der Waals surface area contributed by atoms with E-state index in [1.807, 2.05) is 0 Å². The third-order valence-electron chi connectivity index (χ3n) is 4.91. The van der Waals surface area contributed by atoms with Crippen LogP contribution in [-0.4, -0.2) is 72.2 Å². The molecule has 2 aliphatic heterocycles. The lowest BCUT2D eigenvalue weighted by molar-refractivity contribution is -0.139. The van der Waals surface area contributed by atoms with Gasteiger partial charge in [0.05, 0.1) is 0 Å². The van der Waals surface area contributed by atoms with Crippen molar-refractivity contribution in [2.75, 3.05) is 33.2 Å². The van der Waals surface area contributed by atoms with E-state index in [2.05, 4.69) is 29.1 Å². The fourth-order valence-corrected chi connectivity index (χ4v) is 3.53. The van der Waals surface area contributed by atoms with Crippen molar-refractivity contribution in [3.63, 3.8) is 0 Å². The van der Waals surface area contributed by atoms with Gasteiger partial charge < -0.3 is 15.3 Å². The van der Waals surface area contributed by atoms with Crippen LogP contribution in [0.1, 0.15) is 39.0 Å². The first kappa shape index (κ1) is 15.7. The number of likely N-dealkylation sites (tertiary alicyclic amines) is 1. The highest BCUT2D eigenvalue weighted by Gasteiger charge is 2.34. The zero-order valence-corrected chi connectivity index (χ0v) is 12.8. The third-order valence-corrected chi connectivity index (χ3v) is 4.91. The first-order valence-corrected chi connectivity index (χ1v) is 8.02. The lowest BCUT2D eigenvalue weighted by Gasteiger charge is -2.26.